The Morgan fingerprint density at radius 1 is 0.500 bits per heavy atom. The highest BCUT2D eigenvalue weighted by molar-refractivity contribution is 5.90. The second-order valence-corrected chi connectivity index (χ2v) is 13.5. The van der Waals surface area contributed by atoms with Crippen LogP contribution in [0.2, 0.25) is 0 Å². The van der Waals surface area contributed by atoms with Crippen molar-refractivity contribution < 1.29 is 51.5 Å². The van der Waals surface area contributed by atoms with Crippen LogP contribution in [0.1, 0.15) is 75.2 Å². The Hall–Kier alpha value is -7.57. The minimum Gasteiger partial charge on any atom is -0.370 e. The second kappa shape index (κ2) is 39.1. The molecule has 0 spiro atoms. The van der Waals surface area contributed by atoms with Crippen LogP contribution in [0.25, 0.3) is 0 Å². The Morgan fingerprint density at radius 3 is 1.27 bits per heavy atom. The largest absolute Gasteiger partial charge is 0.370 e. The fourth-order valence-electron chi connectivity index (χ4n) is 3.84. The molecule has 1 aliphatic rings. The number of halogens is 3. The zero-order chi connectivity index (χ0) is 51.0. The van der Waals surface area contributed by atoms with E-state index in [0.717, 1.165) is 24.7 Å². The van der Waals surface area contributed by atoms with E-state index in [1.165, 1.54) is 110 Å². The van der Waals surface area contributed by atoms with Crippen LogP contribution in [0.4, 0.5) is 35.9 Å². The van der Waals surface area contributed by atoms with Crippen molar-refractivity contribution in [3.05, 3.63) is 121 Å². The third-order valence-electron chi connectivity index (χ3n) is 6.70. The van der Waals surface area contributed by atoms with Crippen molar-refractivity contribution in [1.82, 2.24) is 16.0 Å². The Morgan fingerprint density at radius 2 is 0.909 bits per heavy atom. The molecular formula is C47H65F3N8O8. The third kappa shape index (κ3) is 47.5. The molecule has 0 aromatic heterocycles. The van der Waals surface area contributed by atoms with Crippen molar-refractivity contribution >= 4 is 70.0 Å². The van der Waals surface area contributed by atoms with E-state index >= 15 is 0 Å². The molecule has 0 unspecified atom stereocenters. The summed E-state index contributed by atoms with van der Waals surface area (Å²) < 4.78 is 37.5. The molecule has 0 atom stereocenters. The molecule has 1 aliphatic carbocycles. The van der Waals surface area contributed by atoms with Gasteiger partial charge < -0.3 is 43.0 Å². The molecule has 16 nitrogen and oxygen atoms in total. The molecule has 0 saturated heterocycles. The van der Waals surface area contributed by atoms with Gasteiger partial charge in [-0.1, -0.05) is 36.4 Å². The molecule has 4 aromatic rings. The number of primary amides is 1. The lowest BCUT2D eigenvalue weighted by molar-refractivity contribution is -0.119. The van der Waals surface area contributed by atoms with E-state index in [2.05, 4.69) is 43.0 Å². The van der Waals surface area contributed by atoms with Crippen molar-refractivity contribution in [2.45, 2.75) is 75.2 Å². The lowest BCUT2D eigenvalue weighted by Gasteiger charge is -2.01. The highest BCUT2D eigenvalue weighted by atomic mass is 19.1. The fourth-order valence-corrected chi connectivity index (χ4v) is 3.84. The van der Waals surface area contributed by atoms with Gasteiger partial charge in [0.2, 0.25) is 47.3 Å². The van der Waals surface area contributed by atoms with Gasteiger partial charge in [0.1, 0.15) is 17.5 Å². The number of benzene rings is 4. The maximum absolute atomic E-state index is 12.7. The van der Waals surface area contributed by atoms with Gasteiger partial charge in [0, 0.05) is 92.6 Å². The number of nitrogens with one attached hydrogen (secondary N) is 7. The second-order valence-electron chi connectivity index (χ2n) is 13.5. The molecule has 9 N–H and O–H groups in total. The van der Waals surface area contributed by atoms with E-state index in [1.807, 2.05) is 37.3 Å². The van der Waals surface area contributed by atoms with Gasteiger partial charge in [0.15, 0.2) is 0 Å². The number of hydrogen-bond acceptors (Lipinski definition) is 8. The SMILES string of the molecule is CC(=O)NCC1CC1.CC(=O)Nc1ccc(F)cc1.CC(=O)Nc1cccc(F)c1.CC(=O)Nc1ccccc1.CC(=O)Nc1ccccc1F.CC(N)=O.CCNC(C)=O.CNC(C)=O. The lowest BCUT2D eigenvalue weighted by Crippen LogP contribution is -2.21. The summed E-state index contributed by atoms with van der Waals surface area (Å²) >= 11 is 0. The highest BCUT2D eigenvalue weighted by Gasteiger charge is 2.20. The predicted octanol–water partition coefficient (Wildman–Crippen LogP) is 6.92. The van der Waals surface area contributed by atoms with Gasteiger partial charge in [0.25, 0.3) is 0 Å². The predicted molar refractivity (Wildman–Crippen MR) is 253 cm³/mol. The van der Waals surface area contributed by atoms with E-state index < -0.39 is 5.82 Å². The number of para-hydroxylation sites is 2. The van der Waals surface area contributed by atoms with Crippen LogP contribution < -0.4 is 43.0 Å². The molecular weight excluding hydrogens is 862 g/mol. The van der Waals surface area contributed by atoms with Gasteiger partial charge in [-0.2, -0.15) is 0 Å². The van der Waals surface area contributed by atoms with E-state index in [0.29, 0.717) is 11.4 Å². The summed E-state index contributed by atoms with van der Waals surface area (Å²) in [5, 5.41) is 17.7. The van der Waals surface area contributed by atoms with Crippen LogP contribution in [0.5, 0.6) is 0 Å². The first-order valence-electron chi connectivity index (χ1n) is 20.3. The number of rotatable bonds is 7. The van der Waals surface area contributed by atoms with Crippen LogP contribution >= 0.6 is 0 Å². The summed E-state index contributed by atoms with van der Waals surface area (Å²) in [5.41, 5.74) is 6.63. The summed E-state index contributed by atoms with van der Waals surface area (Å²) in [4.78, 5) is 81.1. The smallest absolute Gasteiger partial charge is 0.221 e. The maximum Gasteiger partial charge on any atom is 0.221 e. The molecule has 1 saturated carbocycles. The first-order valence-corrected chi connectivity index (χ1v) is 20.3. The molecule has 66 heavy (non-hydrogen) atoms. The molecule has 0 aliphatic heterocycles. The molecule has 1 fully saturated rings. The summed E-state index contributed by atoms with van der Waals surface area (Å²) in [5.74, 6) is -1.12. The highest BCUT2D eigenvalue weighted by Crippen LogP contribution is 2.27. The Kier molecular flexibility index (Phi) is 37.1. The summed E-state index contributed by atoms with van der Waals surface area (Å²) in [6.07, 6.45) is 2.61. The van der Waals surface area contributed by atoms with Gasteiger partial charge in [-0.05, 0) is 92.4 Å². The number of carbonyl (C=O) groups excluding carboxylic acids is 8. The van der Waals surface area contributed by atoms with E-state index in [-0.39, 0.29) is 64.6 Å². The Labute approximate surface area is 385 Å². The summed E-state index contributed by atoms with van der Waals surface area (Å²) in [6.45, 7) is 15.0. The van der Waals surface area contributed by atoms with Crippen LogP contribution in [-0.4, -0.2) is 67.4 Å². The minimum absolute atomic E-state index is 0.00463. The average molecular weight is 927 g/mol. The van der Waals surface area contributed by atoms with Crippen LogP contribution in [0.3, 0.4) is 0 Å². The Bertz CT molecular complexity index is 2050. The number of hydrogen-bond donors (Lipinski definition) is 8. The number of nitrogens with two attached hydrogens (primary N) is 1. The zero-order valence-electron chi connectivity index (χ0n) is 39.2. The zero-order valence-corrected chi connectivity index (χ0v) is 39.2. The average Bonchev–Trinajstić information content (AvgIpc) is 4.05. The molecule has 19 heteroatoms. The monoisotopic (exact) mass is 926 g/mol. The van der Waals surface area contributed by atoms with Gasteiger partial charge in [-0.25, -0.2) is 13.2 Å². The molecule has 0 radical (unpaired) electrons. The Balaban J connectivity index is -0.000000702. The van der Waals surface area contributed by atoms with Crippen molar-refractivity contribution in [3.8, 4) is 0 Å². The lowest BCUT2D eigenvalue weighted by atomic mass is 10.3. The van der Waals surface area contributed by atoms with Crippen molar-refractivity contribution in [2.75, 3.05) is 41.4 Å². The van der Waals surface area contributed by atoms with Crippen molar-refractivity contribution in [3.63, 3.8) is 0 Å². The van der Waals surface area contributed by atoms with Crippen molar-refractivity contribution in [1.29, 1.82) is 0 Å². The van der Waals surface area contributed by atoms with E-state index in [9.17, 15) is 51.5 Å². The first-order chi connectivity index (χ1) is 30.9. The standard InChI is InChI=1S/3C8H8FNO.C8H9NO.C6H11NO.C4H9NO.C3H7NO.C2H5NO/c1-6(11)10-8-4-2-7(9)3-5-8;1-6(11)10-8-4-2-3-7(9)5-8;1-6(11)10-8-5-3-2-4-7(8)9;1-7(10)9-8-5-3-2-4-6-8;1-5(8)7-4-6-2-3-6;1-3-5-4(2)6;1-3(5)4-2;1-2(3)4/h3*2-5H,1H3,(H,10,11);2-6H,1H3,(H,9,10);6H,2-4H2,1H3,(H,7,8);3H2,1-2H3,(H,5,6);1-2H3,(H,4,5);1H3,(H2,3,4). The molecule has 362 valence electrons. The molecule has 5 rings (SSSR count). The van der Waals surface area contributed by atoms with Crippen LogP contribution in [0.15, 0.2) is 103 Å². The number of anilines is 4. The maximum atomic E-state index is 12.7. The summed E-state index contributed by atoms with van der Waals surface area (Å²) in [7, 11) is 1.60. The first kappa shape index (κ1) is 62.7. The van der Waals surface area contributed by atoms with Crippen LogP contribution in [0, 0.1) is 23.4 Å². The molecule has 8 amide bonds. The fraction of sp³-hybridized carbons (Fsp3) is 0.319. The number of amides is 8. The topological polar surface area (TPSA) is 247 Å². The number of carbonyl (C=O) groups is 8. The molecule has 4 aromatic carbocycles. The third-order valence-corrected chi connectivity index (χ3v) is 6.70. The quantitative estimate of drug-likeness (QED) is 0.0965. The van der Waals surface area contributed by atoms with E-state index in [4.69, 9.17) is 0 Å². The van der Waals surface area contributed by atoms with Gasteiger partial charge in [0.05, 0.1) is 5.69 Å². The summed E-state index contributed by atoms with van der Waals surface area (Å²) in [6, 6.07) is 26.8. The van der Waals surface area contributed by atoms with Gasteiger partial charge in [-0.3, -0.25) is 38.4 Å². The van der Waals surface area contributed by atoms with Crippen LogP contribution in [-0.2, 0) is 38.4 Å². The molecule has 0 bridgehead atoms. The molecule has 0 heterocycles. The normalized spacial score (nSPS) is 9.77. The minimum atomic E-state index is -0.414. The van der Waals surface area contributed by atoms with E-state index in [1.54, 1.807) is 38.2 Å². The van der Waals surface area contributed by atoms with Gasteiger partial charge >= 0.3 is 0 Å². The van der Waals surface area contributed by atoms with Crippen molar-refractivity contribution in [2.24, 2.45) is 11.7 Å². The van der Waals surface area contributed by atoms with Gasteiger partial charge in [-0.15, -0.1) is 0 Å².